The molecule has 2 atom stereocenters. The van der Waals surface area contributed by atoms with Gasteiger partial charge in [-0.1, -0.05) is 146 Å². The summed E-state index contributed by atoms with van der Waals surface area (Å²) in [6, 6.07) is 61.8. The van der Waals surface area contributed by atoms with Crippen molar-refractivity contribution in [2.45, 2.75) is 12.0 Å². The highest BCUT2D eigenvalue weighted by molar-refractivity contribution is 6.09. The number of rotatable bonds is 5. The first-order valence-electron chi connectivity index (χ1n) is 19.4. The molecule has 0 bridgehead atoms. The van der Waals surface area contributed by atoms with Gasteiger partial charge >= 0.3 is 0 Å². The van der Waals surface area contributed by atoms with Gasteiger partial charge in [-0.3, -0.25) is 4.57 Å². The lowest BCUT2D eigenvalue weighted by atomic mass is 9.82. The lowest BCUT2D eigenvalue weighted by Gasteiger charge is -2.30. The lowest BCUT2D eigenvalue weighted by molar-refractivity contribution is 0.584. The van der Waals surface area contributed by atoms with Crippen LogP contribution < -0.4 is 4.90 Å². The van der Waals surface area contributed by atoms with Gasteiger partial charge in [-0.25, -0.2) is 4.98 Å². The van der Waals surface area contributed by atoms with Crippen LogP contribution in [0.1, 0.15) is 22.8 Å². The topological polar surface area (TPSA) is 60.0 Å². The number of nitrogens with zero attached hydrogens (tertiary/aromatic N) is 5. The molecule has 57 heavy (non-hydrogen) atoms. The maximum Gasteiger partial charge on any atom is 0.238 e. The van der Waals surface area contributed by atoms with Crippen LogP contribution in [0, 0.1) is 0 Å². The van der Waals surface area contributed by atoms with Crippen molar-refractivity contribution in [2.24, 2.45) is 0 Å². The zero-order valence-electron chi connectivity index (χ0n) is 30.7. The number of fused-ring (bicyclic) bond motifs is 10. The second-order valence-corrected chi connectivity index (χ2v) is 14.8. The number of para-hydroxylation sites is 3. The molecular weight excluding hydrogens is 699 g/mol. The number of anilines is 2. The second kappa shape index (κ2) is 12.5. The number of hydrogen-bond acceptors (Lipinski definition) is 5. The summed E-state index contributed by atoms with van der Waals surface area (Å²) >= 11 is 0. The average Bonchev–Trinajstić information content (AvgIpc) is 3.94. The monoisotopic (exact) mass is 731 g/mol. The Morgan fingerprint density at radius 2 is 1.14 bits per heavy atom. The zero-order chi connectivity index (χ0) is 37.5. The number of hydrogen-bond donors (Lipinski definition) is 0. The van der Waals surface area contributed by atoms with Crippen LogP contribution in [0.5, 0.6) is 0 Å². The largest absolute Gasteiger partial charge is 0.456 e. The van der Waals surface area contributed by atoms with E-state index in [-0.39, 0.29) is 12.0 Å². The molecule has 0 N–H and O–H groups in total. The van der Waals surface area contributed by atoms with Gasteiger partial charge < -0.3 is 9.32 Å². The summed E-state index contributed by atoms with van der Waals surface area (Å²) in [5.41, 5.74) is 12.0. The van der Waals surface area contributed by atoms with Crippen molar-refractivity contribution in [1.29, 1.82) is 0 Å². The van der Waals surface area contributed by atoms with Gasteiger partial charge in [0.05, 0.1) is 17.1 Å². The molecular formula is C51H33N5O. The molecule has 1 aliphatic carbocycles. The predicted octanol–water partition coefficient (Wildman–Crippen LogP) is 12.4. The fraction of sp³-hybridized carbons (Fsp3) is 0.0392. The number of aromatic nitrogens is 4. The smallest absolute Gasteiger partial charge is 0.238 e. The van der Waals surface area contributed by atoms with E-state index in [4.69, 9.17) is 19.4 Å². The van der Waals surface area contributed by atoms with Crippen LogP contribution in [-0.4, -0.2) is 25.6 Å². The molecule has 3 aromatic heterocycles. The highest BCUT2D eigenvalue weighted by Gasteiger charge is 2.43. The number of furan rings is 1. The van der Waals surface area contributed by atoms with Gasteiger partial charge in [0.25, 0.3) is 0 Å². The molecule has 1 aliphatic heterocycles. The minimum atomic E-state index is 0.0899. The normalized spacial score (nSPS) is 15.6. The highest BCUT2D eigenvalue weighted by atomic mass is 16.3. The van der Waals surface area contributed by atoms with Crippen LogP contribution in [0.15, 0.2) is 186 Å². The molecule has 6 nitrogen and oxygen atoms in total. The maximum absolute atomic E-state index is 6.74. The standard InChI is InChI=1S/C51H33N5O/c1-3-14-32(15-4-1)34-18-13-19-36(30-34)55-43-25-12-9-22-39(43)47-44(55)28-29-45-48(47)40-27-26-35(31-46(40)57-45)50-52-49(33-16-5-2-6-17-33)53-51(54-50)56-41-23-10-7-20-37(41)38-21-8-11-24-42(38)56/h1-31,44,47H. The Morgan fingerprint density at radius 1 is 0.491 bits per heavy atom. The van der Waals surface area contributed by atoms with E-state index in [1.165, 1.54) is 33.6 Å². The van der Waals surface area contributed by atoms with Crippen molar-refractivity contribution >= 4 is 50.2 Å². The molecule has 4 heterocycles. The summed E-state index contributed by atoms with van der Waals surface area (Å²) in [4.78, 5) is 17.9. The minimum Gasteiger partial charge on any atom is -0.456 e. The Morgan fingerprint density at radius 3 is 1.91 bits per heavy atom. The first kappa shape index (κ1) is 31.7. The predicted molar refractivity (Wildman–Crippen MR) is 230 cm³/mol. The van der Waals surface area contributed by atoms with Gasteiger partial charge in [0.2, 0.25) is 5.95 Å². The molecule has 0 saturated carbocycles. The van der Waals surface area contributed by atoms with Gasteiger partial charge in [0.15, 0.2) is 11.6 Å². The van der Waals surface area contributed by atoms with Gasteiger partial charge in [-0.15, -0.1) is 0 Å². The molecule has 2 aliphatic rings. The Labute approximate surface area is 328 Å². The highest BCUT2D eigenvalue weighted by Crippen LogP contribution is 2.54. The summed E-state index contributed by atoms with van der Waals surface area (Å²) in [5.74, 6) is 2.75. The van der Waals surface area contributed by atoms with E-state index in [9.17, 15) is 0 Å². The zero-order valence-corrected chi connectivity index (χ0v) is 30.7. The molecule has 268 valence electrons. The van der Waals surface area contributed by atoms with Gasteiger partial charge in [-0.05, 0) is 59.2 Å². The first-order valence-corrected chi connectivity index (χ1v) is 19.4. The van der Waals surface area contributed by atoms with Crippen LogP contribution in [0.4, 0.5) is 11.4 Å². The van der Waals surface area contributed by atoms with Crippen molar-refractivity contribution in [1.82, 2.24) is 19.5 Å². The average molecular weight is 732 g/mol. The van der Waals surface area contributed by atoms with E-state index in [1.54, 1.807) is 0 Å². The van der Waals surface area contributed by atoms with Crippen molar-refractivity contribution in [2.75, 3.05) is 4.90 Å². The van der Waals surface area contributed by atoms with E-state index in [1.807, 2.05) is 30.3 Å². The molecule has 2 unspecified atom stereocenters. The molecule has 0 amide bonds. The third-order valence-corrected chi connectivity index (χ3v) is 11.6. The lowest BCUT2D eigenvalue weighted by Crippen LogP contribution is -2.30. The fourth-order valence-corrected chi connectivity index (χ4v) is 9.12. The van der Waals surface area contributed by atoms with E-state index >= 15 is 0 Å². The SMILES string of the molecule is C1=CC2C(c3ccccc3N2c2cccc(-c3ccccc3)c2)c2c1oc1cc(-c3nc(-c4ccccc4)nc(-n4c5ccccc5c5ccccc54)n3)ccc21. The van der Waals surface area contributed by atoms with Gasteiger partial charge in [0, 0.05) is 50.1 Å². The Balaban J connectivity index is 0.992. The molecule has 7 aromatic carbocycles. The summed E-state index contributed by atoms with van der Waals surface area (Å²) in [6.45, 7) is 0. The Bertz CT molecular complexity index is 3160. The molecule has 6 heteroatoms. The summed E-state index contributed by atoms with van der Waals surface area (Å²) in [6.07, 6.45) is 4.47. The minimum absolute atomic E-state index is 0.0899. The molecule has 0 radical (unpaired) electrons. The molecule has 0 spiro atoms. The third-order valence-electron chi connectivity index (χ3n) is 11.6. The maximum atomic E-state index is 6.74. The van der Waals surface area contributed by atoms with Crippen LogP contribution >= 0.6 is 0 Å². The second-order valence-electron chi connectivity index (χ2n) is 14.8. The first-order chi connectivity index (χ1) is 28.3. The van der Waals surface area contributed by atoms with Gasteiger partial charge in [-0.2, -0.15) is 9.97 Å². The van der Waals surface area contributed by atoms with Crippen molar-refractivity contribution < 1.29 is 4.42 Å². The molecule has 0 fully saturated rings. The fourth-order valence-electron chi connectivity index (χ4n) is 9.12. The van der Waals surface area contributed by atoms with Crippen LogP contribution in [0.2, 0.25) is 0 Å². The quantitative estimate of drug-likeness (QED) is 0.176. The van der Waals surface area contributed by atoms with Crippen molar-refractivity contribution in [3.05, 3.63) is 199 Å². The van der Waals surface area contributed by atoms with E-state index in [2.05, 4.69) is 167 Å². The number of benzene rings is 7. The molecule has 0 saturated heterocycles. The van der Waals surface area contributed by atoms with E-state index in [0.717, 1.165) is 49.7 Å². The van der Waals surface area contributed by atoms with Crippen molar-refractivity contribution in [3.63, 3.8) is 0 Å². The molecule has 10 aromatic rings. The van der Waals surface area contributed by atoms with E-state index < -0.39 is 0 Å². The van der Waals surface area contributed by atoms with Crippen molar-refractivity contribution in [3.8, 4) is 39.9 Å². The summed E-state index contributed by atoms with van der Waals surface area (Å²) in [7, 11) is 0. The summed E-state index contributed by atoms with van der Waals surface area (Å²) in [5, 5.41) is 3.41. The Kier molecular flexibility index (Phi) is 6.95. The Hall–Kier alpha value is -7.57. The van der Waals surface area contributed by atoms with E-state index in [0.29, 0.717) is 17.6 Å². The molecule has 12 rings (SSSR count). The van der Waals surface area contributed by atoms with Crippen LogP contribution in [0.3, 0.4) is 0 Å². The third kappa shape index (κ3) is 4.94. The summed E-state index contributed by atoms with van der Waals surface area (Å²) < 4.78 is 8.89. The van der Waals surface area contributed by atoms with Crippen LogP contribution in [-0.2, 0) is 0 Å². The van der Waals surface area contributed by atoms with Crippen LogP contribution in [0.25, 0.3) is 78.7 Å². The van der Waals surface area contributed by atoms with Gasteiger partial charge in [0.1, 0.15) is 11.3 Å².